The third-order valence-corrected chi connectivity index (χ3v) is 5.59. The average Bonchev–Trinajstić information content (AvgIpc) is 3.26. The number of benzene rings is 1. The van der Waals surface area contributed by atoms with E-state index in [0.29, 0.717) is 24.1 Å². The molecular weight excluding hydrogens is 317 g/mol. The van der Waals surface area contributed by atoms with Gasteiger partial charge in [-0.3, -0.25) is 4.79 Å². The zero-order valence-electron chi connectivity index (χ0n) is 13.3. The van der Waals surface area contributed by atoms with Gasteiger partial charge in [0.2, 0.25) is 5.91 Å². The first kappa shape index (κ1) is 15.9. The molecule has 3 nitrogen and oxygen atoms in total. The molecule has 130 valence electrons. The monoisotopic (exact) mass is 338 g/mol. The normalized spacial score (nSPS) is 34.9. The van der Waals surface area contributed by atoms with Crippen molar-refractivity contribution >= 4 is 5.91 Å². The van der Waals surface area contributed by atoms with E-state index in [1.165, 1.54) is 25.0 Å². The van der Waals surface area contributed by atoms with Crippen LogP contribution in [0.5, 0.6) is 0 Å². The van der Waals surface area contributed by atoms with Gasteiger partial charge in [0.15, 0.2) is 0 Å². The van der Waals surface area contributed by atoms with Crippen molar-refractivity contribution in [2.45, 2.75) is 62.3 Å². The molecule has 1 aromatic rings. The van der Waals surface area contributed by atoms with Crippen molar-refractivity contribution in [3.05, 3.63) is 35.4 Å². The zero-order chi connectivity index (χ0) is 16.9. The Morgan fingerprint density at radius 1 is 1.12 bits per heavy atom. The van der Waals surface area contributed by atoms with Crippen molar-refractivity contribution in [1.82, 2.24) is 10.6 Å². The van der Waals surface area contributed by atoms with Crippen LogP contribution in [0.25, 0.3) is 0 Å². The minimum Gasteiger partial charge on any atom is -0.353 e. The molecule has 1 aliphatic carbocycles. The first-order valence-electron chi connectivity index (χ1n) is 8.64. The third kappa shape index (κ3) is 3.16. The number of carbonyl (C=O) groups excluding carboxylic acids is 1. The molecule has 2 bridgehead atoms. The standard InChI is InChI=1S/C18H21F3N2O/c19-18(20,21)11-3-1-2-10(6-11)15-9-16(15)17(24)23-14-7-12-4-5-13(8-14)22-12/h1-3,6,12-16,22H,4-5,7-9H2,(H,23,24). The molecule has 0 aromatic heterocycles. The van der Waals surface area contributed by atoms with Gasteiger partial charge in [-0.05, 0) is 49.7 Å². The lowest BCUT2D eigenvalue weighted by atomic mass is 9.99. The van der Waals surface area contributed by atoms with E-state index in [-0.39, 0.29) is 23.8 Å². The number of fused-ring (bicyclic) bond motifs is 2. The molecule has 2 N–H and O–H groups in total. The van der Waals surface area contributed by atoms with E-state index in [0.717, 1.165) is 18.9 Å². The summed E-state index contributed by atoms with van der Waals surface area (Å²) in [5.41, 5.74) is -0.0173. The van der Waals surface area contributed by atoms with Gasteiger partial charge in [-0.1, -0.05) is 18.2 Å². The zero-order valence-corrected chi connectivity index (χ0v) is 13.3. The van der Waals surface area contributed by atoms with Gasteiger partial charge >= 0.3 is 6.18 Å². The molecule has 1 amide bonds. The molecule has 3 fully saturated rings. The van der Waals surface area contributed by atoms with Crippen molar-refractivity contribution in [3.8, 4) is 0 Å². The molecule has 24 heavy (non-hydrogen) atoms. The molecule has 1 saturated carbocycles. The van der Waals surface area contributed by atoms with Crippen LogP contribution in [0.4, 0.5) is 13.2 Å². The van der Waals surface area contributed by atoms with E-state index >= 15 is 0 Å². The van der Waals surface area contributed by atoms with Crippen molar-refractivity contribution < 1.29 is 18.0 Å². The minimum atomic E-state index is -4.34. The average molecular weight is 338 g/mol. The van der Waals surface area contributed by atoms with Gasteiger partial charge in [0, 0.05) is 24.0 Å². The lowest BCUT2D eigenvalue weighted by Gasteiger charge is -2.29. The molecule has 3 aliphatic rings. The molecule has 0 radical (unpaired) electrons. The van der Waals surface area contributed by atoms with Gasteiger partial charge in [-0.25, -0.2) is 0 Å². The Balaban J connectivity index is 1.37. The predicted octanol–water partition coefficient (Wildman–Crippen LogP) is 3.21. The second kappa shape index (κ2) is 5.76. The number of piperidine rings is 1. The summed E-state index contributed by atoms with van der Waals surface area (Å²) in [7, 11) is 0. The maximum atomic E-state index is 12.8. The highest BCUT2D eigenvalue weighted by Gasteiger charge is 2.46. The van der Waals surface area contributed by atoms with E-state index in [2.05, 4.69) is 10.6 Å². The Kier molecular flexibility index (Phi) is 3.82. The Morgan fingerprint density at radius 2 is 1.83 bits per heavy atom. The first-order valence-corrected chi connectivity index (χ1v) is 8.64. The fourth-order valence-corrected chi connectivity index (χ4v) is 4.28. The number of nitrogens with one attached hydrogen (secondary N) is 2. The maximum Gasteiger partial charge on any atom is 0.416 e. The molecule has 0 spiro atoms. The number of alkyl halides is 3. The van der Waals surface area contributed by atoms with Crippen molar-refractivity contribution in [2.24, 2.45) is 5.92 Å². The molecule has 2 heterocycles. The Labute approximate surface area is 139 Å². The number of hydrogen-bond acceptors (Lipinski definition) is 2. The quantitative estimate of drug-likeness (QED) is 0.889. The lowest BCUT2D eigenvalue weighted by molar-refractivity contribution is -0.137. The highest BCUT2D eigenvalue weighted by atomic mass is 19.4. The summed E-state index contributed by atoms with van der Waals surface area (Å²) in [6.07, 6.45) is 0.578. The summed E-state index contributed by atoms with van der Waals surface area (Å²) in [6, 6.07) is 6.60. The lowest BCUT2D eigenvalue weighted by Crippen LogP contribution is -2.48. The van der Waals surface area contributed by atoms with Crippen molar-refractivity contribution in [2.75, 3.05) is 0 Å². The molecule has 2 saturated heterocycles. The van der Waals surface area contributed by atoms with E-state index in [9.17, 15) is 18.0 Å². The summed E-state index contributed by atoms with van der Waals surface area (Å²) in [5, 5.41) is 6.66. The smallest absolute Gasteiger partial charge is 0.353 e. The van der Waals surface area contributed by atoms with Crippen LogP contribution in [0, 0.1) is 5.92 Å². The van der Waals surface area contributed by atoms with Crippen molar-refractivity contribution in [1.29, 1.82) is 0 Å². The van der Waals surface area contributed by atoms with Crippen LogP contribution in [0.15, 0.2) is 24.3 Å². The second-order valence-corrected chi connectivity index (χ2v) is 7.39. The van der Waals surface area contributed by atoms with E-state index in [4.69, 9.17) is 0 Å². The van der Waals surface area contributed by atoms with Crippen LogP contribution < -0.4 is 10.6 Å². The van der Waals surface area contributed by atoms with Gasteiger partial charge in [0.1, 0.15) is 0 Å². The van der Waals surface area contributed by atoms with Crippen LogP contribution in [0.1, 0.15) is 49.1 Å². The van der Waals surface area contributed by atoms with E-state index < -0.39 is 11.7 Å². The number of rotatable bonds is 3. The van der Waals surface area contributed by atoms with Gasteiger partial charge in [-0.15, -0.1) is 0 Å². The number of halogens is 3. The molecule has 4 atom stereocenters. The van der Waals surface area contributed by atoms with E-state index in [1.54, 1.807) is 6.07 Å². The molecule has 1 aromatic carbocycles. The minimum absolute atomic E-state index is 0.00344. The van der Waals surface area contributed by atoms with Gasteiger partial charge in [0.25, 0.3) is 0 Å². The van der Waals surface area contributed by atoms with Crippen LogP contribution in [0.2, 0.25) is 0 Å². The fourth-order valence-electron chi connectivity index (χ4n) is 4.28. The van der Waals surface area contributed by atoms with Gasteiger partial charge < -0.3 is 10.6 Å². The Morgan fingerprint density at radius 3 is 2.50 bits per heavy atom. The number of hydrogen-bond donors (Lipinski definition) is 2. The highest BCUT2D eigenvalue weighted by Crippen LogP contribution is 2.48. The summed E-state index contributed by atoms with van der Waals surface area (Å²) in [6.45, 7) is 0. The van der Waals surface area contributed by atoms with Crippen LogP contribution in [-0.4, -0.2) is 24.0 Å². The topological polar surface area (TPSA) is 41.1 Å². The predicted molar refractivity (Wildman–Crippen MR) is 83.4 cm³/mol. The van der Waals surface area contributed by atoms with Crippen LogP contribution in [0.3, 0.4) is 0 Å². The summed E-state index contributed by atoms with van der Waals surface area (Å²) in [4.78, 5) is 12.4. The fraction of sp³-hybridized carbons (Fsp3) is 0.611. The van der Waals surface area contributed by atoms with E-state index in [1.807, 2.05) is 0 Å². The Bertz CT molecular complexity index is 633. The van der Waals surface area contributed by atoms with Gasteiger partial charge in [-0.2, -0.15) is 13.2 Å². The second-order valence-electron chi connectivity index (χ2n) is 7.39. The largest absolute Gasteiger partial charge is 0.416 e. The van der Waals surface area contributed by atoms with Crippen LogP contribution >= 0.6 is 0 Å². The summed E-state index contributed by atoms with van der Waals surface area (Å²) in [5.74, 6) is -0.254. The molecule has 6 heteroatoms. The molecule has 4 unspecified atom stereocenters. The van der Waals surface area contributed by atoms with Crippen molar-refractivity contribution in [3.63, 3.8) is 0 Å². The Hall–Kier alpha value is -1.56. The SMILES string of the molecule is O=C(NC1CC2CCC(C1)N2)C1CC1c1cccc(C(F)(F)F)c1. The summed E-state index contributed by atoms with van der Waals surface area (Å²) < 4.78 is 38.4. The number of amides is 1. The van der Waals surface area contributed by atoms with Gasteiger partial charge in [0.05, 0.1) is 5.56 Å². The highest BCUT2D eigenvalue weighted by molar-refractivity contribution is 5.83. The molecule has 2 aliphatic heterocycles. The first-order chi connectivity index (χ1) is 11.4. The molecular formula is C18H21F3N2O. The number of carbonyl (C=O) groups is 1. The van der Waals surface area contributed by atoms with Crippen LogP contribution in [-0.2, 0) is 11.0 Å². The third-order valence-electron chi connectivity index (χ3n) is 5.59. The maximum absolute atomic E-state index is 12.8. The summed E-state index contributed by atoms with van der Waals surface area (Å²) >= 11 is 0. The molecule has 4 rings (SSSR count).